The van der Waals surface area contributed by atoms with Crippen molar-refractivity contribution in [3.63, 3.8) is 0 Å². The molecule has 0 radical (unpaired) electrons. The van der Waals surface area contributed by atoms with Gasteiger partial charge in [0.15, 0.2) is 10.2 Å². The van der Waals surface area contributed by atoms with E-state index in [2.05, 4.69) is 18.7 Å². The van der Waals surface area contributed by atoms with Gasteiger partial charge in [0, 0.05) is 25.4 Å². The van der Waals surface area contributed by atoms with E-state index < -0.39 is 0 Å². The van der Waals surface area contributed by atoms with Gasteiger partial charge in [-0.1, -0.05) is 60.4 Å². The molecule has 1 aromatic rings. The van der Waals surface area contributed by atoms with Gasteiger partial charge in [-0.3, -0.25) is 9.59 Å². The van der Waals surface area contributed by atoms with E-state index in [0.717, 1.165) is 23.5 Å². The molecule has 0 N–H and O–H groups in total. The molecule has 0 aromatic heterocycles. The Labute approximate surface area is 129 Å². The summed E-state index contributed by atoms with van der Waals surface area (Å²) in [5, 5.41) is 0.259. The number of rotatable bonds is 7. The summed E-state index contributed by atoms with van der Waals surface area (Å²) in [6.45, 7) is 6.90. The predicted octanol–water partition coefficient (Wildman–Crippen LogP) is 4.05. The van der Waals surface area contributed by atoms with Crippen molar-refractivity contribution in [2.75, 3.05) is 11.5 Å². The van der Waals surface area contributed by atoms with E-state index >= 15 is 0 Å². The first kappa shape index (κ1) is 17.1. The van der Waals surface area contributed by atoms with Crippen molar-refractivity contribution in [1.29, 1.82) is 0 Å². The maximum Gasteiger partial charge on any atom is 0.185 e. The summed E-state index contributed by atoms with van der Waals surface area (Å²) < 4.78 is 0. The second-order valence-electron chi connectivity index (χ2n) is 4.62. The summed E-state index contributed by atoms with van der Waals surface area (Å²) in [7, 11) is 0. The van der Waals surface area contributed by atoms with E-state index in [1.807, 2.05) is 18.2 Å². The zero-order valence-electron chi connectivity index (χ0n) is 11.9. The molecule has 108 valence electrons. The summed E-state index contributed by atoms with van der Waals surface area (Å²) in [6.07, 6.45) is 2.70. The van der Waals surface area contributed by atoms with Gasteiger partial charge in [0.2, 0.25) is 0 Å². The molecule has 0 aliphatic rings. The number of hydrogen-bond acceptors (Lipinski definition) is 4. The van der Waals surface area contributed by atoms with Gasteiger partial charge in [0.05, 0.1) is 0 Å². The average molecular weight is 308 g/mol. The van der Waals surface area contributed by atoms with Crippen molar-refractivity contribution in [2.45, 2.75) is 20.3 Å². The van der Waals surface area contributed by atoms with Crippen LogP contribution in [0.25, 0.3) is 6.08 Å². The molecule has 0 amide bonds. The highest BCUT2D eigenvalue weighted by molar-refractivity contribution is 8.14. The normalized spacial score (nSPS) is 10.6. The fraction of sp³-hybridized carbons (Fsp3) is 0.375. The van der Waals surface area contributed by atoms with Crippen molar-refractivity contribution in [2.24, 2.45) is 5.92 Å². The Morgan fingerprint density at radius 2 is 1.60 bits per heavy atom. The zero-order chi connectivity index (χ0) is 15.0. The fourth-order valence-corrected chi connectivity index (χ4v) is 3.32. The molecule has 0 aliphatic heterocycles. The van der Waals surface area contributed by atoms with Crippen LogP contribution in [0.4, 0.5) is 0 Å². The van der Waals surface area contributed by atoms with Crippen LogP contribution < -0.4 is 0 Å². The Morgan fingerprint density at radius 1 is 1.10 bits per heavy atom. The van der Waals surface area contributed by atoms with Crippen LogP contribution in [0.5, 0.6) is 0 Å². The van der Waals surface area contributed by atoms with Gasteiger partial charge in [-0.25, -0.2) is 0 Å². The third-order valence-corrected chi connectivity index (χ3v) is 4.87. The second kappa shape index (κ2) is 9.03. The summed E-state index contributed by atoms with van der Waals surface area (Å²) in [5.41, 5.74) is 2.33. The molecule has 20 heavy (non-hydrogen) atoms. The molecule has 4 heteroatoms. The second-order valence-corrected chi connectivity index (χ2v) is 7.01. The lowest BCUT2D eigenvalue weighted by Gasteiger charge is -2.15. The van der Waals surface area contributed by atoms with Crippen molar-refractivity contribution in [1.82, 2.24) is 0 Å². The van der Waals surface area contributed by atoms with Crippen LogP contribution in [0.3, 0.4) is 0 Å². The third-order valence-electron chi connectivity index (χ3n) is 2.78. The minimum atomic E-state index is 0.129. The number of carbonyl (C=O) groups excluding carboxylic acids is 2. The molecule has 0 fully saturated rings. The van der Waals surface area contributed by atoms with Crippen LogP contribution in [-0.4, -0.2) is 21.7 Å². The molecule has 0 aliphatic carbocycles. The summed E-state index contributed by atoms with van der Waals surface area (Å²) >= 11 is 2.68. The molecule has 0 saturated carbocycles. The van der Waals surface area contributed by atoms with Crippen molar-refractivity contribution in [3.8, 4) is 0 Å². The van der Waals surface area contributed by atoms with Gasteiger partial charge in [-0.15, -0.1) is 0 Å². The first-order chi connectivity index (χ1) is 9.51. The average Bonchev–Trinajstić information content (AvgIpc) is 2.42. The quantitative estimate of drug-likeness (QED) is 0.761. The smallest absolute Gasteiger partial charge is 0.185 e. The number of carbonyl (C=O) groups is 2. The van der Waals surface area contributed by atoms with Gasteiger partial charge < -0.3 is 0 Å². The van der Waals surface area contributed by atoms with E-state index in [4.69, 9.17) is 0 Å². The summed E-state index contributed by atoms with van der Waals surface area (Å²) in [4.78, 5) is 22.2. The Morgan fingerprint density at radius 3 is 2.00 bits per heavy atom. The lowest BCUT2D eigenvalue weighted by molar-refractivity contribution is -0.109. The Kier molecular flexibility index (Phi) is 7.70. The van der Waals surface area contributed by atoms with Gasteiger partial charge in [-0.05, 0) is 23.5 Å². The van der Waals surface area contributed by atoms with Gasteiger partial charge >= 0.3 is 0 Å². The minimum absolute atomic E-state index is 0.129. The molecule has 1 rings (SSSR count). The van der Waals surface area contributed by atoms with Gasteiger partial charge in [0.25, 0.3) is 0 Å². The van der Waals surface area contributed by atoms with Crippen LogP contribution in [0.2, 0.25) is 0 Å². The van der Waals surface area contributed by atoms with Crippen molar-refractivity contribution in [3.05, 3.63) is 42.0 Å². The molecule has 0 heterocycles. The van der Waals surface area contributed by atoms with Crippen LogP contribution in [0.15, 0.2) is 30.8 Å². The largest absolute Gasteiger partial charge is 0.288 e. The lowest BCUT2D eigenvalue weighted by Crippen LogP contribution is -2.13. The maximum absolute atomic E-state index is 11.1. The Hall–Kier alpha value is -1.00. The molecule has 0 bridgehead atoms. The topological polar surface area (TPSA) is 34.1 Å². The highest BCUT2D eigenvalue weighted by atomic mass is 32.2. The molecular formula is C16H20O2S2. The van der Waals surface area contributed by atoms with E-state index in [1.165, 1.54) is 29.1 Å². The molecule has 0 atom stereocenters. The van der Waals surface area contributed by atoms with E-state index in [1.54, 1.807) is 13.8 Å². The van der Waals surface area contributed by atoms with Crippen LogP contribution >= 0.6 is 23.5 Å². The predicted molar refractivity (Wildman–Crippen MR) is 90.0 cm³/mol. The molecule has 0 spiro atoms. The fourth-order valence-electron chi connectivity index (χ4n) is 1.76. The highest BCUT2D eigenvalue weighted by Gasteiger charge is 2.13. The van der Waals surface area contributed by atoms with Crippen LogP contribution in [-0.2, 0) is 16.0 Å². The minimum Gasteiger partial charge on any atom is -0.288 e. The van der Waals surface area contributed by atoms with Crippen LogP contribution in [0, 0.1) is 5.92 Å². The maximum atomic E-state index is 11.1. The summed E-state index contributed by atoms with van der Waals surface area (Å²) in [6, 6.07) is 8.24. The molecule has 2 nitrogen and oxygen atoms in total. The summed E-state index contributed by atoms with van der Waals surface area (Å²) in [5.74, 6) is 1.85. The molecular weight excluding hydrogens is 288 g/mol. The first-order valence-electron chi connectivity index (χ1n) is 6.49. The molecule has 0 unspecified atom stereocenters. The first-order valence-corrected chi connectivity index (χ1v) is 8.46. The van der Waals surface area contributed by atoms with Gasteiger partial charge in [0.1, 0.15) is 0 Å². The van der Waals surface area contributed by atoms with Crippen molar-refractivity contribution < 1.29 is 9.59 Å². The Bertz CT molecular complexity index is 448. The third kappa shape index (κ3) is 6.96. The number of benzene rings is 1. The standard InChI is InChI=1S/C16H20O2S2/c1-4-14-5-7-15(8-6-14)9-16(10-19-12(2)17)11-20-13(3)18/h4-8,16H,1,9-11H2,2-3H3. The van der Waals surface area contributed by atoms with E-state index in [0.29, 0.717) is 5.92 Å². The number of hydrogen-bond donors (Lipinski definition) is 0. The molecule has 1 aromatic carbocycles. The van der Waals surface area contributed by atoms with Crippen LogP contribution in [0.1, 0.15) is 25.0 Å². The zero-order valence-corrected chi connectivity index (χ0v) is 13.6. The SMILES string of the molecule is C=Cc1ccc(CC(CSC(C)=O)CSC(C)=O)cc1. The monoisotopic (exact) mass is 308 g/mol. The number of thioether (sulfide) groups is 2. The van der Waals surface area contributed by atoms with E-state index in [-0.39, 0.29) is 10.2 Å². The van der Waals surface area contributed by atoms with E-state index in [9.17, 15) is 9.59 Å². The van der Waals surface area contributed by atoms with Gasteiger partial charge in [-0.2, -0.15) is 0 Å². The van der Waals surface area contributed by atoms with Crippen molar-refractivity contribution >= 4 is 39.8 Å². The molecule has 0 saturated heterocycles. The Balaban J connectivity index is 2.62. The lowest BCUT2D eigenvalue weighted by atomic mass is 10.0. The highest BCUT2D eigenvalue weighted by Crippen LogP contribution is 2.20.